The van der Waals surface area contributed by atoms with Crippen molar-refractivity contribution in [3.05, 3.63) is 48.9 Å². The average Bonchev–Trinajstić information content (AvgIpc) is 2.64. The first-order valence-electron chi connectivity index (χ1n) is 8.19. The molecular formula is C18H21N3O2S. The standard InChI is InChI=1S/C18H21N3O2S/c22-18(9-12-24-16-6-2-1-3-7-16)21-11-4-5-15(13-21)23-17-8-10-19-14-20-17/h1-3,6-8,10,14-15H,4-5,9,11-13H2/t15-/m1/s1. The summed E-state index contributed by atoms with van der Waals surface area (Å²) in [5, 5.41) is 0. The van der Waals surface area contributed by atoms with Gasteiger partial charge in [-0.2, -0.15) is 0 Å². The van der Waals surface area contributed by atoms with Gasteiger partial charge in [0.2, 0.25) is 11.8 Å². The highest BCUT2D eigenvalue weighted by Crippen LogP contribution is 2.20. The maximum atomic E-state index is 12.4. The first-order chi connectivity index (χ1) is 11.8. The number of ether oxygens (including phenoxy) is 1. The Morgan fingerprint density at radius 1 is 1.29 bits per heavy atom. The SMILES string of the molecule is O=C(CCSc1ccccc1)N1CCC[C@@H](Oc2ccncn2)C1. The number of amides is 1. The van der Waals surface area contributed by atoms with Gasteiger partial charge in [0.15, 0.2) is 0 Å². The summed E-state index contributed by atoms with van der Waals surface area (Å²) >= 11 is 1.72. The predicted molar refractivity (Wildman–Crippen MR) is 94.0 cm³/mol. The van der Waals surface area contributed by atoms with E-state index in [0.717, 1.165) is 25.1 Å². The zero-order chi connectivity index (χ0) is 16.6. The fraction of sp³-hybridized carbons (Fsp3) is 0.389. The summed E-state index contributed by atoms with van der Waals surface area (Å²) in [5.74, 6) is 1.58. The van der Waals surface area contributed by atoms with Gasteiger partial charge in [0.1, 0.15) is 12.4 Å². The molecule has 126 valence electrons. The van der Waals surface area contributed by atoms with Gasteiger partial charge in [-0.25, -0.2) is 9.97 Å². The van der Waals surface area contributed by atoms with Crippen LogP contribution in [0.1, 0.15) is 19.3 Å². The van der Waals surface area contributed by atoms with Crippen LogP contribution < -0.4 is 4.74 Å². The normalized spacial score (nSPS) is 17.5. The fourth-order valence-corrected chi connectivity index (χ4v) is 3.57. The Hall–Kier alpha value is -2.08. The summed E-state index contributed by atoms with van der Waals surface area (Å²) in [4.78, 5) is 23.5. The van der Waals surface area contributed by atoms with Crippen LogP contribution in [0.15, 0.2) is 53.8 Å². The molecule has 6 heteroatoms. The minimum absolute atomic E-state index is 0.0133. The fourth-order valence-electron chi connectivity index (χ4n) is 2.71. The quantitative estimate of drug-likeness (QED) is 0.755. The van der Waals surface area contributed by atoms with E-state index in [4.69, 9.17) is 4.74 Å². The molecule has 1 amide bonds. The molecule has 0 radical (unpaired) electrons. The molecule has 1 atom stereocenters. The highest BCUT2D eigenvalue weighted by molar-refractivity contribution is 7.99. The van der Waals surface area contributed by atoms with Crippen molar-refractivity contribution in [3.63, 3.8) is 0 Å². The highest BCUT2D eigenvalue weighted by Gasteiger charge is 2.24. The van der Waals surface area contributed by atoms with E-state index in [2.05, 4.69) is 22.1 Å². The van der Waals surface area contributed by atoms with E-state index in [1.807, 2.05) is 23.1 Å². The van der Waals surface area contributed by atoms with Gasteiger partial charge in [-0.1, -0.05) is 18.2 Å². The molecule has 0 saturated carbocycles. The number of rotatable bonds is 6. The molecule has 3 rings (SSSR count). The van der Waals surface area contributed by atoms with Crippen LogP contribution in [0.5, 0.6) is 5.88 Å². The second kappa shape index (κ2) is 8.68. The Bertz CT molecular complexity index is 639. The average molecular weight is 343 g/mol. The van der Waals surface area contributed by atoms with Crippen LogP contribution in [-0.2, 0) is 4.79 Å². The van der Waals surface area contributed by atoms with Crippen molar-refractivity contribution in [2.45, 2.75) is 30.3 Å². The molecule has 24 heavy (non-hydrogen) atoms. The van der Waals surface area contributed by atoms with E-state index in [9.17, 15) is 4.79 Å². The maximum absolute atomic E-state index is 12.4. The number of likely N-dealkylation sites (tertiary alicyclic amines) is 1. The van der Waals surface area contributed by atoms with E-state index < -0.39 is 0 Å². The molecular weight excluding hydrogens is 322 g/mol. The predicted octanol–water partition coefficient (Wildman–Crippen LogP) is 3.03. The third-order valence-corrected chi connectivity index (χ3v) is 4.91. The Kier molecular flexibility index (Phi) is 6.07. The van der Waals surface area contributed by atoms with Gasteiger partial charge in [-0.05, 0) is 25.0 Å². The number of thioether (sulfide) groups is 1. The Balaban J connectivity index is 1.44. The molecule has 1 aliphatic heterocycles. The number of hydrogen-bond acceptors (Lipinski definition) is 5. The summed E-state index contributed by atoms with van der Waals surface area (Å²) in [6, 6.07) is 11.9. The molecule has 0 spiro atoms. The second-order valence-electron chi connectivity index (χ2n) is 5.68. The van der Waals surface area contributed by atoms with E-state index >= 15 is 0 Å². The lowest BCUT2D eigenvalue weighted by molar-refractivity contribution is -0.133. The van der Waals surface area contributed by atoms with Crippen LogP contribution >= 0.6 is 11.8 Å². The minimum Gasteiger partial charge on any atom is -0.472 e. The van der Waals surface area contributed by atoms with E-state index in [1.165, 1.54) is 11.2 Å². The summed E-state index contributed by atoms with van der Waals surface area (Å²) in [7, 11) is 0. The van der Waals surface area contributed by atoms with Crippen molar-refractivity contribution >= 4 is 17.7 Å². The number of aromatic nitrogens is 2. The largest absolute Gasteiger partial charge is 0.472 e. The lowest BCUT2D eigenvalue weighted by Gasteiger charge is -2.32. The lowest BCUT2D eigenvalue weighted by Crippen LogP contribution is -2.44. The molecule has 0 unspecified atom stereocenters. The Morgan fingerprint density at radius 3 is 2.96 bits per heavy atom. The van der Waals surface area contributed by atoms with Crippen LogP contribution in [0.3, 0.4) is 0 Å². The second-order valence-corrected chi connectivity index (χ2v) is 6.85. The molecule has 2 aromatic rings. The Labute approximate surface area is 146 Å². The number of carbonyl (C=O) groups is 1. The first kappa shape index (κ1) is 16.8. The van der Waals surface area contributed by atoms with Crippen LogP contribution in [0.25, 0.3) is 0 Å². The maximum Gasteiger partial charge on any atom is 0.223 e. The van der Waals surface area contributed by atoms with Crippen molar-refractivity contribution in [2.75, 3.05) is 18.8 Å². The van der Waals surface area contributed by atoms with E-state index in [1.54, 1.807) is 24.0 Å². The summed E-state index contributed by atoms with van der Waals surface area (Å²) in [6.45, 7) is 1.46. The van der Waals surface area contributed by atoms with Crippen LogP contribution in [0.4, 0.5) is 0 Å². The lowest BCUT2D eigenvalue weighted by atomic mass is 10.1. The summed E-state index contributed by atoms with van der Waals surface area (Å²) in [6.07, 6.45) is 5.62. The van der Waals surface area contributed by atoms with Crippen LogP contribution in [-0.4, -0.2) is 45.7 Å². The monoisotopic (exact) mass is 343 g/mol. The first-order valence-corrected chi connectivity index (χ1v) is 9.18. The number of nitrogens with zero attached hydrogens (tertiary/aromatic N) is 3. The van der Waals surface area contributed by atoms with E-state index in [0.29, 0.717) is 18.8 Å². The van der Waals surface area contributed by atoms with Gasteiger partial charge in [0, 0.05) is 35.9 Å². The van der Waals surface area contributed by atoms with Crippen molar-refractivity contribution in [3.8, 4) is 5.88 Å². The summed E-state index contributed by atoms with van der Waals surface area (Å²) in [5.41, 5.74) is 0. The molecule has 0 bridgehead atoms. The van der Waals surface area contributed by atoms with Gasteiger partial charge in [0.05, 0.1) is 6.54 Å². The molecule has 1 aliphatic rings. The third kappa shape index (κ3) is 4.96. The minimum atomic E-state index is 0.0133. The molecule has 0 N–H and O–H groups in total. The van der Waals surface area contributed by atoms with Gasteiger partial charge in [-0.3, -0.25) is 4.79 Å². The third-order valence-electron chi connectivity index (χ3n) is 3.90. The van der Waals surface area contributed by atoms with Crippen molar-refractivity contribution < 1.29 is 9.53 Å². The zero-order valence-electron chi connectivity index (χ0n) is 13.5. The van der Waals surface area contributed by atoms with Gasteiger partial charge < -0.3 is 9.64 Å². The van der Waals surface area contributed by atoms with Crippen molar-refractivity contribution in [1.29, 1.82) is 0 Å². The molecule has 1 fully saturated rings. The molecule has 0 aliphatic carbocycles. The van der Waals surface area contributed by atoms with Crippen LogP contribution in [0, 0.1) is 0 Å². The van der Waals surface area contributed by atoms with Gasteiger partial charge in [0.25, 0.3) is 0 Å². The molecule has 1 aromatic carbocycles. The topological polar surface area (TPSA) is 55.3 Å². The smallest absolute Gasteiger partial charge is 0.223 e. The molecule has 1 saturated heterocycles. The Morgan fingerprint density at radius 2 is 2.17 bits per heavy atom. The highest BCUT2D eigenvalue weighted by atomic mass is 32.2. The zero-order valence-corrected chi connectivity index (χ0v) is 14.3. The van der Waals surface area contributed by atoms with Gasteiger partial charge in [-0.15, -0.1) is 11.8 Å². The summed E-state index contributed by atoms with van der Waals surface area (Å²) < 4.78 is 5.86. The number of carbonyl (C=O) groups excluding carboxylic acids is 1. The molecule has 5 nitrogen and oxygen atoms in total. The number of piperidine rings is 1. The molecule has 1 aromatic heterocycles. The van der Waals surface area contributed by atoms with Crippen LogP contribution in [0.2, 0.25) is 0 Å². The van der Waals surface area contributed by atoms with Crippen molar-refractivity contribution in [2.24, 2.45) is 0 Å². The number of benzene rings is 1. The number of hydrogen-bond donors (Lipinski definition) is 0. The van der Waals surface area contributed by atoms with Crippen molar-refractivity contribution in [1.82, 2.24) is 14.9 Å². The molecule has 2 heterocycles. The van der Waals surface area contributed by atoms with E-state index in [-0.39, 0.29) is 12.0 Å². The van der Waals surface area contributed by atoms with Gasteiger partial charge >= 0.3 is 0 Å².